The van der Waals surface area contributed by atoms with Gasteiger partial charge in [-0.3, -0.25) is 0 Å². The minimum atomic E-state index is 0.240. The van der Waals surface area contributed by atoms with Crippen LogP contribution in [0.5, 0.6) is 5.75 Å². The number of nitrogens with one attached hydrogen (secondary N) is 1. The molecule has 1 aromatic heterocycles. The first-order chi connectivity index (χ1) is 8.63. The summed E-state index contributed by atoms with van der Waals surface area (Å²) in [6.45, 7) is 2.04. The molecule has 3 aromatic rings. The van der Waals surface area contributed by atoms with Crippen molar-refractivity contribution in [3.63, 3.8) is 0 Å². The highest BCUT2D eigenvalue weighted by Gasteiger charge is 2.06. The van der Waals surface area contributed by atoms with E-state index in [1.54, 1.807) is 18.2 Å². The first-order valence-electron chi connectivity index (χ1n) is 5.59. The number of phenolic OH excluding ortho intramolecular Hbond substituents is 1. The first-order valence-corrected chi connectivity index (χ1v) is 6.38. The molecule has 0 atom stereocenters. The van der Waals surface area contributed by atoms with Crippen LogP contribution in [0.4, 0.5) is 0 Å². The molecule has 90 valence electrons. The average molecular weight is 303 g/mol. The molecular formula is C14H11BrN2O. The van der Waals surface area contributed by atoms with Crippen molar-refractivity contribution in [2.75, 3.05) is 0 Å². The molecule has 0 aliphatic carbocycles. The lowest BCUT2D eigenvalue weighted by Gasteiger charge is -2.00. The number of rotatable bonds is 1. The summed E-state index contributed by atoms with van der Waals surface area (Å²) >= 11 is 3.48. The van der Waals surface area contributed by atoms with Crippen molar-refractivity contribution >= 4 is 27.0 Å². The van der Waals surface area contributed by atoms with Gasteiger partial charge in [-0.2, -0.15) is 0 Å². The van der Waals surface area contributed by atoms with Crippen LogP contribution in [0.25, 0.3) is 22.4 Å². The van der Waals surface area contributed by atoms with Crippen LogP contribution in [0, 0.1) is 6.92 Å². The molecular weight excluding hydrogens is 292 g/mol. The molecule has 2 N–H and O–H groups in total. The Hall–Kier alpha value is -1.81. The highest BCUT2D eigenvalue weighted by atomic mass is 79.9. The molecule has 0 saturated heterocycles. The van der Waals surface area contributed by atoms with Gasteiger partial charge in [-0.25, -0.2) is 4.98 Å². The van der Waals surface area contributed by atoms with E-state index in [0.29, 0.717) is 0 Å². The smallest absolute Gasteiger partial charge is 0.138 e. The van der Waals surface area contributed by atoms with Gasteiger partial charge < -0.3 is 10.1 Å². The zero-order valence-electron chi connectivity index (χ0n) is 9.74. The van der Waals surface area contributed by atoms with Gasteiger partial charge in [-0.15, -0.1) is 0 Å². The fourth-order valence-corrected chi connectivity index (χ4v) is 2.17. The van der Waals surface area contributed by atoms with E-state index in [2.05, 4.69) is 32.0 Å². The predicted octanol–water partition coefficient (Wildman–Crippen LogP) is 4.01. The molecule has 0 amide bonds. The number of aryl methyl sites for hydroxylation is 1. The van der Waals surface area contributed by atoms with Gasteiger partial charge in [-0.1, -0.05) is 22.0 Å². The van der Waals surface area contributed by atoms with Crippen LogP contribution in [0.1, 0.15) is 5.56 Å². The Balaban J connectivity index is 2.16. The molecule has 18 heavy (non-hydrogen) atoms. The molecule has 0 saturated carbocycles. The molecule has 0 fully saturated rings. The number of fused-ring (bicyclic) bond motifs is 1. The summed E-state index contributed by atoms with van der Waals surface area (Å²) in [6, 6.07) is 11.2. The number of nitrogens with zero attached hydrogens (tertiary/aromatic N) is 1. The number of H-pyrrole nitrogens is 1. The molecule has 4 heteroatoms. The van der Waals surface area contributed by atoms with Gasteiger partial charge in [0.25, 0.3) is 0 Å². The summed E-state index contributed by atoms with van der Waals surface area (Å²) in [6.07, 6.45) is 0. The van der Waals surface area contributed by atoms with E-state index in [9.17, 15) is 5.11 Å². The van der Waals surface area contributed by atoms with Crippen molar-refractivity contribution in [3.05, 3.63) is 46.4 Å². The van der Waals surface area contributed by atoms with E-state index < -0.39 is 0 Å². The van der Waals surface area contributed by atoms with E-state index in [0.717, 1.165) is 32.5 Å². The molecule has 0 aliphatic rings. The third kappa shape index (κ3) is 1.88. The van der Waals surface area contributed by atoms with Crippen LogP contribution in [0.3, 0.4) is 0 Å². The number of aromatic hydroxyl groups is 1. The van der Waals surface area contributed by atoms with Crippen molar-refractivity contribution in [2.24, 2.45) is 0 Å². The minimum absolute atomic E-state index is 0.240. The van der Waals surface area contributed by atoms with E-state index in [4.69, 9.17) is 0 Å². The van der Waals surface area contributed by atoms with E-state index in [1.165, 1.54) is 0 Å². The van der Waals surface area contributed by atoms with Crippen molar-refractivity contribution in [1.82, 2.24) is 9.97 Å². The van der Waals surface area contributed by atoms with E-state index >= 15 is 0 Å². The van der Waals surface area contributed by atoms with Gasteiger partial charge >= 0.3 is 0 Å². The van der Waals surface area contributed by atoms with Gasteiger partial charge in [0.15, 0.2) is 0 Å². The average Bonchev–Trinajstić information content (AvgIpc) is 2.75. The second kappa shape index (κ2) is 4.14. The summed E-state index contributed by atoms with van der Waals surface area (Å²) in [5, 5.41) is 9.44. The number of hydrogen-bond acceptors (Lipinski definition) is 2. The second-order valence-corrected chi connectivity index (χ2v) is 5.11. The maximum Gasteiger partial charge on any atom is 0.138 e. The Bertz CT molecular complexity index is 734. The normalized spacial score (nSPS) is 11.0. The number of phenols is 1. The van der Waals surface area contributed by atoms with Gasteiger partial charge in [0, 0.05) is 16.1 Å². The van der Waals surface area contributed by atoms with E-state index in [1.807, 2.05) is 19.1 Å². The third-order valence-electron chi connectivity index (χ3n) is 2.90. The predicted molar refractivity (Wildman–Crippen MR) is 75.6 cm³/mol. The van der Waals surface area contributed by atoms with Crippen molar-refractivity contribution in [2.45, 2.75) is 6.92 Å². The Morgan fingerprint density at radius 2 is 2.00 bits per heavy atom. The topological polar surface area (TPSA) is 48.9 Å². The van der Waals surface area contributed by atoms with Crippen molar-refractivity contribution in [3.8, 4) is 17.1 Å². The van der Waals surface area contributed by atoms with Crippen molar-refractivity contribution in [1.29, 1.82) is 0 Å². The summed E-state index contributed by atoms with van der Waals surface area (Å²) in [5.41, 5.74) is 3.89. The zero-order valence-corrected chi connectivity index (χ0v) is 11.3. The van der Waals surface area contributed by atoms with Crippen molar-refractivity contribution < 1.29 is 5.11 Å². The fourth-order valence-electron chi connectivity index (χ4n) is 1.93. The SMILES string of the molecule is Cc1cc(-c2nc3ccc(O)cc3[nH]2)ccc1Br. The molecule has 0 unspecified atom stereocenters. The summed E-state index contributed by atoms with van der Waals surface area (Å²) in [5.74, 6) is 1.05. The maximum absolute atomic E-state index is 9.44. The zero-order chi connectivity index (χ0) is 12.7. The second-order valence-electron chi connectivity index (χ2n) is 4.25. The number of halogens is 1. The van der Waals surface area contributed by atoms with Crippen LogP contribution >= 0.6 is 15.9 Å². The highest BCUT2D eigenvalue weighted by Crippen LogP contribution is 2.26. The van der Waals surface area contributed by atoms with E-state index in [-0.39, 0.29) is 5.75 Å². The fraction of sp³-hybridized carbons (Fsp3) is 0.0714. The first kappa shape index (κ1) is 11.3. The Morgan fingerprint density at radius 1 is 1.17 bits per heavy atom. The van der Waals surface area contributed by atoms with Gasteiger partial charge in [-0.05, 0) is 36.8 Å². The van der Waals surface area contributed by atoms with Gasteiger partial charge in [0.1, 0.15) is 11.6 Å². The highest BCUT2D eigenvalue weighted by molar-refractivity contribution is 9.10. The van der Waals surface area contributed by atoms with Crippen LogP contribution < -0.4 is 0 Å². The lowest BCUT2D eigenvalue weighted by Crippen LogP contribution is -1.82. The summed E-state index contributed by atoms with van der Waals surface area (Å²) < 4.78 is 1.08. The maximum atomic E-state index is 9.44. The number of benzene rings is 2. The Labute approximate surface area is 113 Å². The molecule has 3 nitrogen and oxygen atoms in total. The quantitative estimate of drug-likeness (QED) is 0.713. The largest absolute Gasteiger partial charge is 0.508 e. The number of aromatic amines is 1. The molecule has 0 spiro atoms. The van der Waals surface area contributed by atoms with Gasteiger partial charge in [0.05, 0.1) is 11.0 Å². The molecule has 0 aliphatic heterocycles. The van der Waals surface area contributed by atoms with Crippen LogP contribution in [0.15, 0.2) is 40.9 Å². The van der Waals surface area contributed by atoms with Crippen LogP contribution in [-0.4, -0.2) is 15.1 Å². The lowest BCUT2D eigenvalue weighted by molar-refractivity contribution is 0.476. The molecule has 3 rings (SSSR count). The van der Waals surface area contributed by atoms with Crippen LogP contribution in [-0.2, 0) is 0 Å². The number of hydrogen-bond donors (Lipinski definition) is 2. The monoisotopic (exact) mass is 302 g/mol. The van der Waals surface area contributed by atoms with Crippen LogP contribution in [0.2, 0.25) is 0 Å². The number of imidazole rings is 1. The molecule has 0 radical (unpaired) electrons. The lowest BCUT2D eigenvalue weighted by atomic mass is 10.1. The van der Waals surface area contributed by atoms with Gasteiger partial charge in [0.2, 0.25) is 0 Å². The molecule has 2 aromatic carbocycles. The minimum Gasteiger partial charge on any atom is -0.508 e. The third-order valence-corrected chi connectivity index (χ3v) is 3.79. The Kier molecular flexibility index (Phi) is 2.59. The molecule has 1 heterocycles. The number of aromatic nitrogens is 2. The summed E-state index contributed by atoms with van der Waals surface area (Å²) in [4.78, 5) is 7.73. The standard InChI is InChI=1S/C14H11BrN2O/c1-8-6-9(2-4-11(8)15)14-16-12-5-3-10(18)7-13(12)17-14/h2-7,18H,1H3,(H,16,17). The summed E-state index contributed by atoms with van der Waals surface area (Å²) in [7, 11) is 0. The molecule has 0 bridgehead atoms. The Morgan fingerprint density at radius 3 is 2.78 bits per heavy atom.